The number of halogens is 1. The molecule has 1 aliphatic heterocycles. The summed E-state index contributed by atoms with van der Waals surface area (Å²) < 4.78 is 33.3. The molecule has 0 aliphatic carbocycles. The van der Waals surface area contributed by atoms with Crippen LogP contribution in [0.2, 0.25) is 0 Å². The highest BCUT2D eigenvalue weighted by atomic mass is 35.5. The summed E-state index contributed by atoms with van der Waals surface area (Å²) in [5.41, 5.74) is 1.60. The van der Waals surface area contributed by atoms with Crippen molar-refractivity contribution in [3.8, 4) is 5.75 Å². The Kier molecular flexibility index (Phi) is 12.5. The molecule has 3 rings (SSSR count). The number of sulfonamides is 1. The Bertz CT molecular complexity index is 1250. The van der Waals surface area contributed by atoms with Crippen LogP contribution in [0.15, 0.2) is 65.3 Å². The second kappa shape index (κ2) is 15.8. The standard InChI is InChI=1S/C30H41ClN4O4S/c1-3-4-5-6-7-13-22-39-28-17-12-11-16-26(28)33(2)30(36)29(31)27(23-32)34-18-20-35(21-19-34)40(37,38)24-25-14-9-8-10-15-25/h8-12,14-17,23,32H,3-7,13,18-22,24H2,1-2H3/b29-27-,32-23?. The summed E-state index contributed by atoms with van der Waals surface area (Å²) in [6.45, 7) is 3.91. The topological polar surface area (TPSA) is 94.0 Å². The number of nitrogens with one attached hydrogen (secondary N) is 1. The first kappa shape index (κ1) is 31.6. The van der Waals surface area contributed by atoms with Gasteiger partial charge < -0.3 is 19.9 Å². The summed E-state index contributed by atoms with van der Waals surface area (Å²) >= 11 is 6.57. The van der Waals surface area contributed by atoms with Gasteiger partial charge in [-0.15, -0.1) is 0 Å². The van der Waals surface area contributed by atoms with Crippen molar-refractivity contribution in [2.45, 2.75) is 51.2 Å². The molecule has 1 saturated heterocycles. The van der Waals surface area contributed by atoms with E-state index < -0.39 is 15.9 Å². The first-order valence-electron chi connectivity index (χ1n) is 13.9. The van der Waals surface area contributed by atoms with Crippen molar-refractivity contribution in [1.82, 2.24) is 9.21 Å². The molecule has 10 heteroatoms. The first-order valence-corrected chi connectivity index (χ1v) is 15.9. The number of nitrogens with zero attached hydrogens (tertiary/aromatic N) is 3. The van der Waals surface area contributed by atoms with Gasteiger partial charge in [0.15, 0.2) is 0 Å². The van der Waals surface area contributed by atoms with Crippen LogP contribution in [0.1, 0.15) is 51.0 Å². The lowest BCUT2D eigenvalue weighted by molar-refractivity contribution is -0.114. The van der Waals surface area contributed by atoms with Crippen molar-refractivity contribution in [1.29, 1.82) is 5.41 Å². The number of unbranched alkanes of at least 4 members (excludes halogenated alkanes) is 5. The van der Waals surface area contributed by atoms with Crippen LogP contribution < -0.4 is 9.64 Å². The molecule has 40 heavy (non-hydrogen) atoms. The van der Waals surface area contributed by atoms with Gasteiger partial charge in [-0.25, -0.2) is 8.42 Å². The molecule has 0 atom stereocenters. The molecule has 0 aromatic heterocycles. The van der Waals surface area contributed by atoms with Crippen molar-refractivity contribution >= 4 is 39.4 Å². The van der Waals surface area contributed by atoms with Crippen LogP contribution in [-0.4, -0.2) is 69.6 Å². The third kappa shape index (κ3) is 8.81. The number of para-hydroxylation sites is 2. The third-order valence-corrected chi connectivity index (χ3v) is 9.21. The molecule has 0 unspecified atom stereocenters. The summed E-state index contributed by atoms with van der Waals surface area (Å²) in [6.07, 6.45) is 8.01. The number of ether oxygens (including phenoxy) is 1. The Morgan fingerprint density at radius 1 is 0.975 bits per heavy atom. The molecule has 0 radical (unpaired) electrons. The molecule has 2 aromatic carbocycles. The van der Waals surface area contributed by atoms with Crippen molar-refractivity contribution in [2.24, 2.45) is 0 Å². The lowest BCUT2D eigenvalue weighted by atomic mass is 10.1. The van der Waals surface area contributed by atoms with Crippen molar-refractivity contribution in [3.05, 3.63) is 70.9 Å². The van der Waals surface area contributed by atoms with Gasteiger partial charge in [-0.05, 0) is 24.1 Å². The van der Waals surface area contributed by atoms with Gasteiger partial charge in [-0.1, -0.05) is 93.1 Å². The van der Waals surface area contributed by atoms with Gasteiger partial charge in [0.25, 0.3) is 5.91 Å². The molecule has 0 bridgehead atoms. The Morgan fingerprint density at radius 2 is 1.60 bits per heavy atom. The van der Waals surface area contributed by atoms with Gasteiger partial charge >= 0.3 is 0 Å². The summed E-state index contributed by atoms with van der Waals surface area (Å²) in [5.74, 6) is 0.0748. The fourth-order valence-electron chi connectivity index (χ4n) is 4.66. The number of hydrogen-bond donors (Lipinski definition) is 1. The van der Waals surface area contributed by atoms with E-state index in [2.05, 4.69) is 6.92 Å². The Morgan fingerprint density at radius 3 is 2.27 bits per heavy atom. The number of rotatable bonds is 15. The smallest absolute Gasteiger partial charge is 0.271 e. The van der Waals surface area contributed by atoms with E-state index in [9.17, 15) is 13.2 Å². The maximum absolute atomic E-state index is 13.4. The maximum atomic E-state index is 13.4. The predicted molar refractivity (Wildman–Crippen MR) is 163 cm³/mol. The van der Waals surface area contributed by atoms with Crippen LogP contribution in [-0.2, 0) is 20.6 Å². The van der Waals surface area contributed by atoms with Gasteiger partial charge in [0, 0.05) is 39.4 Å². The highest BCUT2D eigenvalue weighted by Crippen LogP contribution is 2.30. The highest BCUT2D eigenvalue weighted by molar-refractivity contribution is 7.88. The lowest BCUT2D eigenvalue weighted by Crippen LogP contribution is -2.49. The number of piperazine rings is 1. The maximum Gasteiger partial charge on any atom is 0.271 e. The van der Waals surface area contributed by atoms with E-state index >= 15 is 0 Å². The first-order chi connectivity index (χ1) is 19.3. The van der Waals surface area contributed by atoms with E-state index in [4.69, 9.17) is 21.7 Å². The molecule has 8 nitrogen and oxygen atoms in total. The average molecular weight is 589 g/mol. The van der Waals surface area contributed by atoms with Crippen LogP contribution in [0, 0.1) is 5.41 Å². The van der Waals surface area contributed by atoms with E-state index in [-0.39, 0.29) is 29.6 Å². The average Bonchev–Trinajstić information content (AvgIpc) is 2.97. The molecular formula is C30H41ClN4O4S. The van der Waals surface area contributed by atoms with Gasteiger partial charge in [0.05, 0.1) is 23.7 Å². The zero-order chi connectivity index (χ0) is 29.0. The molecule has 2 aromatic rings. The molecule has 1 amide bonds. The molecule has 1 heterocycles. The minimum absolute atomic E-state index is 0.0640. The van der Waals surface area contributed by atoms with Crippen LogP contribution in [0.5, 0.6) is 5.75 Å². The third-order valence-electron chi connectivity index (χ3n) is 7.00. The molecule has 218 valence electrons. The lowest BCUT2D eigenvalue weighted by Gasteiger charge is -2.36. The normalized spacial score (nSPS) is 14.9. The Labute approximate surface area is 244 Å². The largest absolute Gasteiger partial charge is 0.491 e. The van der Waals surface area contributed by atoms with E-state index in [1.165, 1.54) is 34.9 Å². The van der Waals surface area contributed by atoms with Gasteiger partial charge in [0.1, 0.15) is 10.8 Å². The summed E-state index contributed by atoms with van der Waals surface area (Å²) in [7, 11) is -1.86. The van der Waals surface area contributed by atoms with Gasteiger partial charge in [-0.3, -0.25) is 4.79 Å². The number of anilines is 1. The molecular weight excluding hydrogens is 548 g/mol. The number of allylic oxidation sites excluding steroid dienone is 1. The summed E-state index contributed by atoms with van der Waals surface area (Å²) in [5, 5.41) is 7.87. The fraction of sp³-hybridized carbons (Fsp3) is 0.467. The fourth-order valence-corrected chi connectivity index (χ4v) is 6.48. The SMILES string of the molecule is CCCCCCCCOc1ccccc1N(C)C(=O)/C(Cl)=C(\C=N)N1CCN(S(=O)(=O)Cc2ccccc2)CC1. The van der Waals surface area contributed by atoms with Gasteiger partial charge in [-0.2, -0.15) is 4.31 Å². The molecule has 1 N–H and O–H groups in total. The second-order valence-corrected chi connectivity index (χ2v) is 12.3. The van der Waals surface area contributed by atoms with Crippen molar-refractivity contribution in [3.63, 3.8) is 0 Å². The number of likely N-dealkylation sites (N-methyl/N-ethyl adjacent to an activating group) is 1. The van der Waals surface area contributed by atoms with Gasteiger partial charge in [0.2, 0.25) is 10.0 Å². The number of hydrogen-bond acceptors (Lipinski definition) is 6. The number of benzene rings is 2. The van der Waals surface area contributed by atoms with Crippen LogP contribution >= 0.6 is 11.6 Å². The quantitative estimate of drug-likeness (QED) is 0.165. The second-order valence-electron chi connectivity index (χ2n) is 9.92. The van der Waals surface area contributed by atoms with E-state index in [0.717, 1.165) is 24.6 Å². The highest BCUT2D eigenvalue weighted by Gasteiger charge is 2.30. The van der Waals surface area contributed by atoms with E-state index in [0.29, 0.717) is 31.1 Å². The molecule has 1 fully saturated rings. The number of carbonyl (C=O) groups is 1. The van der Waals surface area contributed by atoms with Crippen LogP contribution in [0.3, 0.4) is 0 Å². The molecule has 0 saturated carbocycles. The Balaban J connectivity index is 1.62. The van der Waals surface area contributed by atoms with E-state index in [1.54, 1.807) is 30.1 Å². The summed E-state index contributed by atoms with van der Waals surface area (Å²) in [4.78, 5) is 16.6. The predicted octanol–water partition coefficient (Wildman–Crippen LogP) is 5.64. The van der Waals surface area contributed by atoms with Crippen molar-refractivity contribution in [2.75, 3.05) is 44.7 Å². The van der Waals surface area contributed by atoms with Crippen LogP contribution in [0.25, 0.3) is 0 Å². The monoisotopic (exact) mass is 588 g/mol. The zero-order valence-corrected chi connectivity index (χ0v) is 25.1. The number of carbonyl (C=O) groups excluding carboxylic acids is 1. The summed E-state index contributed by atoms with van der Waals surface area (Å²) in [6, 6.07) is 16.4. The minimum Gasteiger partial charge on any atom is -0.491 e. The number of amides is 1. The zero-order valence-electron chi connectivity index (χ0n) is 23.5. The van der Waals surface area contributed by atoms with Crippen molar-refractivity contribution < 1.29 is 17.9 Å². The van der Waals surface area contributed by atoms with E-state index in [1.807, 2.05) is 36.4 Å². The van der Waals surface area contributed by atoms with Crippen LogP contribution in [0.4, 0.5) is 5.69 Å². The minimum atomic E-state index is -3.49. The Hall–Kier alpha value is -2.88. The molecule has 1 aliphatic rings. The molecule has 0 spiro atoms.